The summed E-state index contributed by atoms with van der Waals surface area (Å²) in [6.45, 7) is 5.49. The van der Waals surface area contributed by atoms with Crippen LogP contribution in [0.2, 0.25) is 0 Å². The van der Waals surface area contributed by atoms with Gasteiger partial charge >= 0.3 is 0 Å². The van der Waals surface area contributed by atoms with Crippen molar-refractivity contribution in [2.75, 3.05) is 0 Å². The molecule has 0 aliphatic carbocycles. The van der Waals surface area contributed by atoms with Crippen molar-refractivity contribution in [3.05, 3.63) is 29.8 Å². The molecule has 0 radical (unpaired) electrons. The number of carbonyl (C=O) groups excluding carboxylic acids is 1. The Morgan fingerprint density at radius 2 is 2.07 bits per heavy atom. The Labute approximate surface area is 84.9 Å². The third kappa shape index (κ3) is 3.21. The molecule has 1 aromatic carbocycles. The zero-order valence-electron chi connectivity index (χ0n) is 8.91. The van der Waals surface area contributed by atoms with Gasteiger partial charge < -0.3 is 4.74 Å². The van der Waals surface area contributed by atoms with E-state index < -0.39 is 0 Å². The van der Waals surface area contributed by atoms with Crippen LogP contribution in [0, 0.1) is 6.92 Å². The summed E-state index contributed by atoms with van der Waals surface area (Å²) in [5, 5.41) is 0. The number of ether oxygens (including phenoxy) is 1. The van der Waals surface area contributed by atoms with Crippen LogP contribution in [0.25, 0.3) is 0 Å². The molecule has 0 spiro atoms. The molecule has 2 heteroatoms. The van der Waals surface area contributed by atoms with Crippen LogP contribution in [0.3, 0.4) is 0 Å². The molecule has 0 fully saturated rings. The molecule has 1 aromatic rings. The Kier molecular flexibility index (Phi) is 3.69. The van der Waals surface area contributed by atoms with Crippen molar-refractivity contribution in [3.63, 3.8) is 0 Å². The van der Waals surface area contributed by atoms with E-state index >= 15 is 0 Å². The van der Waals surface area contributed by atoms with Gasteiger partial charge in [-0.1, -0.05) is 18.2 Å². The number of carbonyl (C=O) groups is 1. The van der Waals surface area contributed by atoms with Crippen molar-refractivity contribution in [2.24, 2.45) is 0 Å². The Balaban J connectivity index is 2.60. The van der Waals surface area contributed by atoms with Gasteiger partial charge in [0.05, 0.1) is 0 Å². The molecule has 0 aliphatic heterocycles. The van der Waals surface area contributed by atoms with E-state index in [0.717, 1.165) is 11.3 Å². The average molecular weight is 192 g/mol. The second-order valence-corrected chi connectivity index (χ2v) is 3.60. The van der Waals surface area contributed by atoms with Crippen LogP contribution < -0.4 is 4.74 Å². The zero-order valence-corrected chi connectivity index (χ0v) is 8.91. The fourth-order valence-electron chi connectivity index (χ4n) is 1.35. The summed E-state index contributed by atoms with van der Waals surface area (Å²) in [5.41, 5.74) is 1.10. The van der Waals surface area contributed by atoms with E-state index in [-0.39, 0.29) is 11.9 Å². The second-order valence-electron chi connectivity index (χ2n) is 3.60. The van der Waals surface area contributed by atoms with E-state index in [1.165, 1.54) is 0 Å². The molecule has 1 unspecified atom stereocenters. The van der Waals surface area contributed by atoms with E-state index in [0.29, 0.717) is 6.42 Å². The molecule has 0 aliphatic rings. The third-order valence-corrected chi connectivity index (χ3v) is 2.00. The van der Waals surface area contributed by atoms with Crippen molar-refractivity contribution in [1.82, 2.24) is 0 Å². The van der Waals surface area contributed by atoms with E-state index in [1.54, 1.807) is 6.92 Å². The van der Waals surface area contributed by atoms with E-state index in [9.17, 15) is 4.79 Å². The second kappa shape index (κ2) is 4.80. The van der Waals surface area contributed by atoms with E-state index in [2.05, 4.69) is 0 Å². The number of hydrogen-bond acceptors (Lipinski definition) is 2. The van der Waals surface area contributed by atoms with Crippen LogP contribution in [0.5, 0.6) is 5.75 Å². The van der Waals surface area contributed by atoms with Crippen molar-refractivity contribution in [3.8, 4) is 5.75 Å². The molecule has 14 heavy (non-hydrogen) atoms. The molecule has 0 saturated heterocycles. The number of para-hydroxylation sites is 1. The van der Waals surface area contributed by atoms with Crippen molar-refractivity contribution < 1.29 is 9.53 Å². The van der Waals surface area contributed by atoms with Gasteiger partial charge in [0.25, 0.3) is 0 Å². The molecule has 0 amide bonds. The molecule has 76 valence electrons. The largest absolute Gasteiger partial charge is 0.490 e. The van der Waals surface area contributed by atoms with Gasteiger partial charge in [-0.3, -0.25) is 4.79 Å². The lowest BCUT2D eigenvalue weighted by Crippen LogP contribution is -2.15. The minimum absolute atomic E-state index is 0.0476. The number of ketones is 1. The molecular weight excluding hydrogens is 176 g/mol. The van der Waals surface area contributed by atoms with Gasteiger partial charge in [0.2, 0.25) is 0 Å². The molecule has 2 nitrogen and oxygen atoms in total. The molecule has 1 rings (SSSR count). The van der Waals surface area contributed by atoms with E-state index in [1.807, 2.05) is 38.1 Å². The molecular formula is C12H16O2. The van der Waals surface area contributed by atoms with Gasteiger partial charge in [-0.2, -0.15) is 0 Å². The highest BCUT2D eigenvalue weighted by Gasteiger charge is 2.07. The molecule has 0 bridgehead atoms. The van der Waals surface area contributed by atoms with Crippen molar-refractivity contribution in [1.29, 1.82) is 0 Å². The lowest BCUT2D eigenvalue weighted by atomic mass is 10.2. The van der Waals surface area contributed by atoms with Crippen LogP contribution in [-0.4, -0.2) is 11.9 Å². The number of rotatable bonds is 4. The van der Waals surface area contributed by atoms with Gasteiger partial charge in [0, 0.05) is 6.42 Å². The Hall–Kier alpha value is -1.31. The van der Waals surface area contributed by atoms with Crippen LogP contribution in [0.15, 0.2) is 24.3 Å². The maximum atomic E-state index is 10.8. The van der Waals surface area contributed by atoms with Crippen LogP contribution in [-0.2, 0) is 4.79 Å². The maximum Gasteiger partial charge on any atom is 0.133 e. The molecule has 0 aromatic heterocycles. The van der Waals surface area contributed by atoms with Crippen molar-refractivity contribution in [2.45, 2.75) is 33.3 Å². The fraction of sp³-hybridized carbons (Fsp3) is 0.417. The molecule has 0 heterocycles. The summed E-state index contributed by atoms with van der Waals surface area (Å²) in [7, 11) is 0. The first kappa shape index (κ1) is 10.8. The summed E-state index contributed by atoms with van der Waals surface area (Å²) in [5.74, 6) is 1.02. The first-order chi connectivity index (χ1) is 6.59. The van der Waals surface area contributed by atoms with Gasteiger partial charge in [0.1, 0.15) is 17.6 Å². The first-order valence-corrected chi connectivity index (χ1v) is 4.81. The summed E-state index contributed by atoms with van der Waals surface area (Å²) >= 11 is 0. The minimum Gasteiger partial charge on any atom is -0.490 e. The average Bonchev–Trinajstić information content (AvgIpc) is 2.07. The van der Waals surface area contributed by atoms with Crippen LogP contribution in [0.1, 0.15) is 25.8 Å². The summed E-state index contributed by atoms with van der Waals surface area (Å²) in [6, 6.07) is 7.82. The Morgan fingerprint density at radius 1 is 1.43 bits per heavy atom. The summed E-state index contributed by atoms with van der Waals surface area (Å²) < 4.78 is 5.64. The smallest absolute Gasteiger partial charge is 0.133 e. The highest BCUT2D eigenvalue weighted by molar-refractivity contribution is 5.75. The van der Waals surface area contributed by atoms with Crippen LogP contribution >= 0.6 is 0 Å². The standard InChI is InChI=1S/C12H16O2/c1-9-6-4-5-7-12(9)14-11(3)8-10(2)13/h4-7,11H,8H2,1-3H3. The topological polar surface area (TPSA) is 26.3 Å². The number of hydrogen-bond donors (Lipinski definition) is 0. The first-order valence-electron chi connectivity index (χ1n) is 4.81. The zero-order chi connectivity index (χ0) is 10.6. The molecule has 0 saturated carbocycles. The normalized spacial score (nSPS) is 12.2. The molecule has 1 atom stereocenters. The molecule has 0 N–H and O–H groups in total. The summed E-state index contributed by atoms with van der Waals surface area (Å²) in [6.07, 6.45) is 0.419. The van der Waals surface area contributed by atoms with Gasteiger partial charge in [0.15, 0.2) is 0 Å². The Morgan fingerprint density at radius 3 is 2.64 bits per heavy atom. The maximum absolute atomic E-state index is 10.8. The number of Topliss-reactive ketones (excluding diaryl/α,β-unsaturated/α-hetero) is 1. The predicted molar refractivity (Wildman–Crippen MR) is 56.6 cm³/mol. The van der Waals surface area contributed by atoms with Gasteiger partial charge in [-0.05, 0) is 32.4 Å². The summed E-state index contributed by atoms with van der Waals surface area (Å²) in [4.78, 5) is 10.8. The highest BCUT2D eigenvalue weighted by Crippen LogP contribution is 2.18. The van der Waals surface area contributed by atoms with E-state index in [4.69, 9.17) is 4.74 Å². The lowest BCUT2D eigenvalue weighted by Gasteiger charge is -2.14. The monoisotopic (exact) mass is 192 g/mol. The number of benzene rings is 1. The quantitative estimate of drug-likeness (QED) is 0.733. The highest BCUT2D eigenvalue weighted by atomic mass is 16.5. The minimum atomic E-state index is -0.0476. The van der Waals surface area contributed by atoms with Gasteiger partial charge in [-0.25, -0.2) is 0 Å². The van der Waals surface area contributed by atoms with Crippen LogP contribution in [0.4, 0.5) is 0 Å². The SMILES string of the molecule is CC(=O)CC(C)Oc1ccccc1C. The third-order valence-electron chi connectivity index (χ3n) is 2.00. The van der Waals surface area contributed by atoms with Crippen molar-refractivity contribution >= 4 is 5.78 Å². The predicted octanol–water partition coefficient (Wildman–Crippen LogP) is 2.74. The Bertz CT molecular complexity index is 318. The number of aryl methyl sites for hydroxylation is 1. The van der Waals surface area contributed by atoms with Gasteiger partial charge in [-0.15, -0.1) is 0 Å². The lowest BCUT2D eigenvalue weighted by molar-refractivity contribution is -0.118. The fourth-order valence-corrected chi connectivity index (χ4v) is 1.35.